The Bertz CT molecular complexity index is 330. The molecule has 1 aliphatic heterocycles. The Morgan fingerprint density at radius 3 is 2.50 bits per heavy atom. The van der Waals surface area contributed by atoms with Gasteiger partial charge in [-0.25, -0.2) is 0 Å². The average Bonchev–Trinajstić information content (AvgIpc) is 2.46. The van der Waals surface area contributed by atoms with Crippen LogP contribution in [-0.4, -0.2) is 19.6 Å². The standard InChI is InChI=1S/C16H26N2/c1-13(14-5-3-2-4-6-14)11-16(12-17)15-7-9-18-10-8-15/h2-6,13,15-16,18H,7-12,17H2,1H3/t13-,16-/m1/s1. The van der Waals surface area contributed by atoms with Crippen LogP contribution in [0.25, 0.3) is 0 Å². The minimum absolute atomic E-state index is 0.620. The zero-order valence-electron chi connectivity index (χ0n) is 11.4. The molecule has 3 N–H and O–H groups in total. The van der Waals surface area contributed by atoms with Crippen LogP contribution in [0.15, 0.2) is 30.3 Å². The second-order valence-electron chi connectivity index (χ2n) is 5.63. The summed E-state index contributed by atoms with van der Waals surface area (Å²) in [6.07, 6.45) is 3.82. The fourth-order valence-corrected chi connectivity index (χ4v) is 3.17. The highest BCUT2D eigenvalue weighted by molar-refractivity contribution is 5.18. The molecule has 2 rings (SSSR count). The fraction of sp³-hybridized carbons (Fsp3) is 0.625. The number of nitrogens with one attached hydrogen (secondary N) is 1. The summed E-state index contributed by atoms with van der Waals surface area (Å²) >= 11 is 0. The predicted octanol–water partition coefficient (Wildman–Crippen LogP) is 2.75. The average molecular weight is 246 g/mol. The summed E-state index contributed by atoms with van der Waals surface area (Å²) in [5.41, 5.74) is 7.46. The Hall–Kier alpha value is -0.860. The van der Waals surface area contributed by atoms with Gasteiger partial charge in [0.2, 0.25) is 0 Å². The van der Waals surface area contributed by atoms with Gasteiger partial charge in [0.25, 0.3) is 0 Å². The maximum absolute atomic E-state index is 6.01. The van der Waals surface area contributed by atoms with E-state index in [0.717, 1.165) is 12.5 Å². The van der Waals surface area contributed by atoms with E-state index >= 15 is 0 Å². The molecule has 0 saturated carbocycles. The molecule has 0 radical (unpaired) electrons. The second-order valence-corrected chi connectivity index (χ2v) is 5.63. The van der Waals surface area contributed by atoms with Gasteiger partial charge in [-0.3, -0.25) is 0 Å². The summed E-state index contributed by atoms with van der Waals surface area (Å²) in [6.45, 7) is 5.50. The van der Waals surface area contributed by atoms with E-state index in [1.165, 1.54) is 37.9 Å². The van der Waals surface area contributed by atoms with Gasteiger partial charge in [0.05, 0.1) is 0 Å². The van der Waals surface area contributed by atoms with Crippen LogP contribution >= 0.6 is 0 Å². The van der Waals surface area contributed by atoms with Crippen molar-refractivity contribution in [3.05, 3.63) is 35.9 Å². The molecule has 0 aromatic heterocycles. The van der Waals surface area contributed by atoms with Crippen molar-refractivity contribution in [2.24, 2.45) is 17.6 Å². The van der Waals surface area contributed by atoms with Gasteiger partial charge < -0.3 is 11.1 Å². The maximum Gasteiger partial charge on any atom is -0.00460 e. The van der Waals surface area contributed by atoms with Crippen LogP contribution < -0.4 is 11.1 Å². The molecule has 0 amide bonds. The lowest BCUT2D eigenvalue weighted by Gasteiger charge is -2.31. The third-order valence-electron chi connectivity index (χ3n) is 4.38. The molecule has 2 heteroatoms. The van der Waals surface area contributed by atoms with E-state index in [1.54, 1.807) is 0 Å². The van der Waals surface area contributed by atoms with E-state index in [-0.39, 0.29) is 0 Å². The summed E-state index contributed by atoms with van der Waals surface area (Å²) in [4.78, 5) is 0. The molecule has 2 atom stereocenters. The molecule has 1 aliphatic rings. The van der Waals surface area contributed by atoms with Crippen LogP contribution in [-0.2, 0) is 0 Å². The minimum Gasteiger partial charge on any atom is -0.330 e. The van der Waals surface area contributed by atoms with E-state index < -0.39 is 0 Å². The molecule has 0 bridgehead atoms. The first-order valence-corrected chi connectivity index (χ1v) is 7.27. The lowest BCUT2D eigenvalue weighted by molar-refractivity contribution is 0.243. The van der Waals surface area contributed by atoms with Crippen molar-refractivity contribution in [2.45, 2.75) is 32.1 Å². The predicted molar refractivity (Wildman–Crippen MR) is 77.6 cm³/mol. The second kappa shape index (κ2) is 6.91. The molecule has 100 valence electrons. The molecule has 0 unspecified atom stereocenters. The molecular formula is C16H26N2. The lowest BCUT2D eigenvalue weighted by atomic mass is 9.78. The number of piperidine rings is 1. The monoisotopic (exact) mass is 246 g/mol. The molecule has 1 aromatic carbocycles. The number of rotatable bonds is 5. The number of hydrogen-bond donors (Lipinski definition) is 2. The van der Waals surface area contributed by atoms with Crippen LogP contribution in [0.3, 0.4) is 0 Å². The molecule has 1 heterocycles. The minimum atomic E-state index is 0.620. The van der Waals surface area contributed by atoms with Gasteiger partial charge in [0, 0.05) is 0 Å². The van der Waals surface area contributed by atoms with Crippen molar-refractivity contribution in [1.29, 1.82) is 0 Å². The Morgan fingerprint density at radius 2 is 1.89 bits per heavy atom. The first kappa shape index (κ1) is 13.6. The highest BCUT2D eigenvalue weighted by Crippen LogP contribution is 2.30. The Balaban J connectivity index is 1.93. The summed E-state index contributed by atoms with van der Waals surface area (Å²) in [6, 6.07) is 10.8. The van der Waals surface area contributed by atoms with Crippen molar-refractivity contribution in [3.8, 4) is 0 Å². The van der Waals surface area contributed by atoms with Gasteiger partial charge in [0.1, 0.15) is 0 Å². The van der Waals surface area contributed by atoms with Gasteiger partial charge in [-0.15, -0.1) is 0 Å². The first-order chi connectivity index (χ1) is 8.81. The van der Waals surface area contributed by atoms with E-state index in [1.807, 2.05) is 0 Å². The van der Waals surface area contributed by atoms with Crippen LogP contribution in [0.2, 0.25) is 0 Å². The first-order valence-electron chi connectivity index (χ1n) is 7.27. The van der Waals surface area contributed by atoms with E-state index in [9.17, 15) is 0 Å². The summed E-state index contributed by atoms with van der Waals surface area (Å²) in [5.74, 6) is 2.12. The normalized spacial score (nSPS) is 20.6. The molecule has 1 saturated heterocycles. The van der Waals surface area contributed by atoms with Gasteiger partial charge in [0.15, 0.2) is 0 Å². The topological polar surface area (TPSA) is 38.0 Å². The van der Waals surface area contributed by atoms with Crippen molar-refractivity contribution in [2.75, 3.05) is 19.6 Å². The third-order valence-corrected chi connectivity index (χ3v) is 4.38. The van der Waals surface area contributed by atoms with Crippen LogP contribution in [0.4, 0.5) is 0 Å². The van der Waals surface area contributed by atoms with Gasteiger partial charge in [-0.2, -0.15) is 0 Å². The number of hydrogen-bond acceptors (Lipinski definition) is 2. The van der Waals surface area contributed by atoms with Crippen LogP contribution in [0, 0.1) is 11.8 Å². The molecular weight excluding hydrogens is 220 g/mol. The highest BCUT2D eigenvalue weighted by atomic mass is 14.9. The number of nitrogens with two attached hydrogens (primary N) is 1. The zero-order chi connectivity index (χ0) is 12.8. The molecule has 18 heavy (non-hydrogen) atoms. The smallest absolute Gasteiger partial charge is 0.00460 e. The summed E-state index contributed by atoms with van der Waals surface area (Å²) in [5, 5.41) is 3.44. The van der Waals surface area contributed by atoms with E-state index in [0.29, 0.717) is 11.8 Å². The third kappa shape index (κ3) is 3.56. The molecule has 1 aromatic rings. The lowest BCUT2D eigenvalue weighted by Crippen LogP contribution is -2.35. The quantitative estimate of drug-likeness (QED) is 0.838. The van der Waals surface area contributed by atoms with Gasteiger partial charge in [-0.05, 0) is 62.2 Å². The molecule has 1 fully saturated rings. The molecule has 2 nitrogen and oxygen atoms in total. The molecule has 0 spiro atoms. The SMILES string of the molecule is C[C@H](C[C@H](CN)C1CCNCC1)c1ccccc1. The highest BCUT2D eigenvalue weighted by Gasteiger charge is 2.24. The van der Waals surface area contributed by atoms with Crippen molar-refractivity contribution < 1.29 is 0 Å². The van der Waals surface area contributed by atoms with E-state index in [4.69, 9.17) is 5.73 Å². The zero-order valence-corrected chi connectivity index (χ0v) is 11.4. The maximum atomic E-state index is 6.01. The van der Waals surface area contributed by atoms with Gasteiger partial charge in [-0.1, -0.05) is 37.3 Å². The molecule has 0 aliphatic carbocycles. The summed E-state index contributed by atoms with van der Waals surface area (Å²) in [7, 11) is 0. The van der Waals surface area contributed by atoms with Crippen molar-refractivity contribution in [3.63, 3.8) is 0 Å². The Kier molecular flexibility index (Phi) is 5.21. The van der Waals surface area contributed by atoms with Crippen LogP contribution in [0.5, 0.6) is 0 Å². The van der Waals surface area contributed by atoms with E-state index in [2.05, 4.69) is 42.6 Å². The van der Waals surface area contributed by atoms with Crippen LogP contribution in [0.1, 0.15) is 37.7 Å². The van der Waals surface area contributed by atoms with Crippen molar-refractivity contribution >= 4 is 0 Å². The van der Waals surface area contributed by atoms with Gasteiger partial charge >= 0.3 is 0 Å². The van der Waals surface area contributed by atoms with Crippen molar-refractivity contribution in [1.82, 2.24) is 5.32 Å². The Morgan fingerprint density at radius 1 is 1.22 bits per heavy atom. The Labute approximate surface area is 111 Å². The largest absolute Gasteiger partial charge is 0.330 e. The number of benzene rings is 1. The fourth-order valence-electron chi connectivity index (χ4n) is 3.17. The summed E-state index contributed by atoms with van der Waals surface area (Å²) < 4.78 is 0.